The van der Waals surface area contributed by atoms with Crippen LogP contribution in [0.15, 0.2) is 53.6 Å². The van der Waals surface area contributed by atoms with Gasteiger partial charge in [-0.1, -0.05) is 35.9 Å². The molecular formula is C16H15ClN4OS. The molecule has 0 aliphatic rings. The maximum Gasteiger partial charge on any atom is 0.257 e. The van der Waals surface area contributed by atoms with Gasteiger partial charge in [-0.05, 0) is 42.0 Å². The Morgan fingerprint density at radius 3 is 2.74 bits per heavy atom. The summed E-state index contributed by atoms with van der Waals surface area (Å²) in [5, 5.41) is 10.4. The molecule has 3 N–H and O–H groups in total. The topological polar surface area (TPSA) is 65.5 Å². The van der Waals surface area contributed by atoms with Gasteiger partial charge in [-0.2, -0.15) is 5.10 Å². The van der Waals surface area contributed by atoms with Crippen molar-refractivity contribution in [3.63, 3.8) is 0 Å². The molecule has 0 bridgehead atoms. The van der Waals surface area contributed by atoms with E-state index in [1.807, 2.05) is 12.1 Å². The molecule has 0 saturated heterocycles. The lowest BCUT2D eigenvalue weighted by Gasteiger charge is -2.07. The maximum absolute atomic E-state index is 12.2. The molecule has 0 saturated carbocycles. The normalized spacial score (nSPS) is 10.3. The molecular weight excluding hydrogens is 332 g/mol. The highest BCUT2D eigenvalue weighted by Crippen LogP contribution is 2.17. The summed E-state index contributed by atoms with van der Waals surface area (Å²) in [5.41, 5.74) is 4.55. The van der Waals surface area contributed by atoms with Crippen LogP contribution in [0, 0.1) is 0 Å². The van der Waals surface area contributed by atoms with Crippen molar-refractivity contribution in [3.8, 4) is 0 Å². The highest BCUT2D eigenvalue weighted by Gasteiger charge is 2.09. The van der Waals surface area contributed by atoms with Crippen LogP contribution in [0.1, 0.15) is 15.9 Å². The van der Waals surface area contributed by atoms with E-state index in [-0.39, 0.29) is 5.91 Å². The molecule has 0 aliphatic carbocycles. The number of amides is 1. The minimum absolute atomic E-state index is 0.265. The zero-order valence-electron chi connectivity index (χ0n) is 12.3. The quantitative estimate of drug-likeness (QED) is 0.452. The molecule has 0 aliphatic heterocycles. The number of benzene rings is 2. The van der Waals surface area contributed by atoms with Gasteiger partial charge in [-0.15, -0.1) is 0 Å². The van der Waals surface area contributed by atoms with E-state index in [2.05, 4.69) is 21.2 Å². The van der Waals surface area contributed by atoms with Gasteiger partial charge in [0.1, 0.15) is 0 Å². The Labute approximate surface area is 144 Å². The number of carbonyl (C=O) groups excluding carboxylic acids is 1. The third-order valence-corrected chi connectivity index (χ3v) is 3.49. The van der Waals surface area contributed by atoms with Crippen LogP contribution >= 0.6 is 23.8 Å². The third-order valence-electron chi connectivity index (χ3n) is 2.87. The van der Waals surface area contributed by atoms with Crippen LogP contribution in [-0.2, 0) is 0 Å². The van der Waals surface area contributed by atoms with E-state index >= 15 is 0 Å². The van der Waals surface area contributed by atoms with Gasteiger partial charge in [0, 0.05) is 12.7 Å². The number of nitrogens with zero attached hydrogens (tertiary/aromatic N) is 1. The fourth-order valence-electron chi connectivity index (χ4n) is 1.76. The highest BCUT2D eigenvalue weighted by atomic mass is 35.5. The first-order valence-electron chi connectivity index (χ1n) is 6.77. The van der Waals surface area contributed by atoms with E-state index in [1.165, 1.54) is 0 Å². The molecule has 0 aromatic heterocycles. The zero-order valence-corrected chi connectivity index (χ0v) is 13.9. The van der Waals surface area contributed by atoms with Crippen LogP contribution in [-0.4, -0.2) is 24.3 Å². The Morgan fingerprint density at radius 1 is 1.22 bits per heavy atom. The summed E-state index contributed by atoms with van der Waals surface area (Å²) in [7, 11) is 1.70. The van der Waals surface area contributed by atoms with E-state index in [4.69, 9.17) is 23.8 Å². The molecule has 0 heterocycles. The number of hydrogen-bond acceptors (Lipinski definition) is 3. The SMILES string of the molecule is CNC(=S)N/N=C\c1cccc(NC(=O)c2ccccc2Cl)c1. The second-order valence-electron chi connectivity index (χ2n) is 4.51. The van der Waals surface area contributed by atoms with Gasteiger partial charge in [0.25, 0.3) is 5.91 Å². The van der Waals surface area contributed by atoms with Crippen molar-refractivity contribution >= 4 is 46.7 Å². The van der Waals surface area contributed by atoms with Gasteiger partial charge in [0.15, 0.2) is 5.11 Å². The van der Waals surface area contributed by atoms with Crippen molar-refractivity contribution in [2.45, 2.75) is 0 Å². The summed E-state index contributed by atoms with van der Waals surface area (Å²) in [5.74, 6) is -0.265. The Bertz CT molecular complexity index is 748. The Morgan fingerprint density at radius 2 is 2.00 bits per heavy atom. The molecule has 2 aromatic carbocycles. The highest BCUT2D eigenvalue weighted by molar-refractivity contribution is 7.80. The van der Waals surface area contributed by atoms with Crippen molar-refractivity contribution in [3.05, 3.63) is 64.7 Å². The lowest BCUT2D eigenvalue weighted by molar-refractivity contribution is 0.102. The average Bonchev–Trinajstić information content (AvgIpc) is 2.55. The van der Waals surface area contributed by atoms with Crippen LogP contribution < -0.4 is 16.1 Å². The fourth-order valence-corrected chi connectivity index (χ4v) is 2.04. The minimum atomic E-state index is -0.265. The van der Waals surface area contributed by atoms with Gasteiger partial charge in [-0.25, -0.2) is 0 Å². The van der Waals surface area contributed by atoms with E-state index in [0.717, 1.165) is 5.56 Å². The number of thiocarbonyl (C=S) groups is 1. The maximum atomic E-state index is 12.2. The third kappa shape index (κ3) is 5.05. The van der Waals surface area contributed by atoms with Gasteiger partial charge < -0.3 is 10.6 Å². The van der Waals surface area contributed by atoms with Crippen molar-refractivity contribution in [1.82, 2.24) is 10.7 Å². The number of hydrogen-bond donors (Lipinski definition) is 3. The largest absolute Gasteiger partial charge is 0.364 e. The molecule has 23 heavy (non-hydrogen) atoms. The van der Waals surface area contributed by atoms with Gasteiger partial charge >= 0.3 is 0 Å². The summed E-state index contributed by atoms with van der Waals surface area (Å²) in [6.07, 6.45) is 1.61. The first-order valence-corrected chi connectivity index (χ1v) is 7.55. The molecule has 2 aromatic rings. The fraction of sp³-hybridized carbons (Fsp3) is 0.0625. The minimum Gasteiger partial charge on any atom is -0.364 e. The second-order valence-corrected chi connectivity index (χ2v) is 5.32. The van der Waals surface area contributed by atoms with Crippen LogP contribution in [0.4, 0.5) is 5.69 Å². The van der Waals surface area contributed by atoms with Crippen molar-refractivity contribution in [2.24, 2.45) is 5.10 Å². The first-order chi connectivity index (χ1) is 11.1. The van der Waals surface area contributed by atoms with E-state index in [1.54, 1.807) is 49.7 Å². The molecule has 0 spiro atoms. The van der Waals surface area contributed by atoms with E-state index < -0.39 is 0 Å². The van der Waals surface area contributed by atoms with Gasteiger partial charge in [0.05, 0.1) is 16.8 Å². The smallest absolute Gasteiger partial charge is 0.257 e. The molecule has 2 rings (SSSR count). The van der Waals surface area contributed by atoms with Crippen molar-refractivity contribution in [2.75, 3.05) is 12.4 Å². The molecule has 118 valence electrons. The zero-order chi connectivity index (χ0) is 16.7. The van der Waals surface area contributed by atoms with Crippen LogP contribution in [0.25, 0.3) is 0 Å². The molecule has 0 unspecified atom stereocenters. The number of rotatable bonds is 4. The lowest BCUT2D eigenvalue weighted by atomic mass is 10.2. The molecule has 1 amide bonds. The molecule has 0 fully saturated rings. The molecule has 0 radical (unpaired) electrons. The number of nitrogens with one attached hydrogen (secondary N) is 3. The molecule has 7 heteroatoms. The summed E-state index contributed by atoms with van der Waals surface area (Å²) < 4.78 is 0. The number of halogens is 1. The lowest BCUT2D eigenvalue weighted by Crippen LogP contribution is -2.28. The van der Waals surface area contributed by atoms with Gasteiger partial charge in [0.2, 0.25) is 0 Å². The predicted molar refractivity (Wildman–Crippen MR) is 98.2 cm³/mol. The van der Waals surface area contributed by atoms with E-state index in [0.29, 0.717) is 21.4 Å². The van der Waals surface area contributed by atoms with Crippen molar-refractivity contribution < 1.29 is 4.79 Å². The van der Waals surface area contributed by atoms with Crippen molar-refractivity contribution in [1.29, 1.82) is 0 Å². The molecule has 0 atom stereocenters. The number of carbonyl (C=O) groups is 1. The monoisotopic (exact) mass is 346 g/mol. The second kappa shape index (κ2) is 8.26. The summed E-state index contributed by atoms with van der Waals surface area (Å²) >= 11 is 10.9. The predicted octanol–water partition coefficient (Wildman–Crippen LogP) is 3.02. The average molecular weight is 347 g/mol. The van der Waals surface area contributed by atoms with Crippen LogP contribution in [0.3, 0.4) is 0 Å². The standard InChI is InChI=1S/C16H15ClN4OS/c1-18-16(23)21-19-10-11-5-4-6-12(9-11)20-15(22)13-7-2-3-8-14(13)17/h2-10H,1H3,(H,20,22)(H2,18,21,23)/b19-10-. The van der Waals surface area contributed by atoms with Crippen LogP contribution in [0.5, 0.6) is 0 Å². The van der Waals surface area contributed by atoms with E-state index in [9.17, 15) is 4.79 Å². The first kappa shape index (κ1) is 16.9. The van der Waals surface area contributed by atoms with Crippen LogP contribution in [0.2, 0.25) is 5.02 Å². The Hall–Kier alpha value is -2.44. The Balaban J connectivity index is 2.07. The summed E-state index contributed by atoms with van der Waals surface area (Å²) in [4.78, 5) is 12.2. The number of hydrazone groups is 1. The summed E-state index contributed by atoms with van der Waals surface area (Å²) in [6.45, 7) is 0. The van der Waals surface area contributed by atoms with Gasteiger partial charge in [-0.3, -0.25) is 10.2 Å². The Kier molecular flexibility index (Phi) is 6.08. The number of anilines is 1. The summed E-state index contributed by atoms with van der Waals surface area (Å²) in [6, 6.07) is 14.2. The molecule has 5 nitrogen and oxygen atoms in total.